The molecular formula is C32H54N2O5. The molecule has 4 saturated carbocycles. The van der Waals surface area contributed by atoms with E-state index in [1.807, 2.05) is 13.8 Å². The van der Waals surface area contributed by atoms with Crippen molar-refractivity contribution in [2.24, 2.45) is 52.3 Å². The predicted molar refractivity (Wildman–Crippen MR) is 152 cm³/mol. The second-order valence-electron chi connectivity index (χ2n) is 14.7. The van der Waals surface area contributed by atoms with Gasteiger partial charge in [-0.1, -0.05) is 34.6 Å². The number of nitrogens with one attached hydrogen (secondary N) is 2. The first-order chi connectivity index (χ1) is 18.3. The second kappa shape index (κ2) is 11.7. The molecule has 0 aromatic heterocycles. The minimum absolute atomic E-state index is 0.0964. The zero-order valence-electron chi connectivity index (χ0n) is 25.2. The fourth-order valence-electron chi connectivity index (χ4n) is 9.92. The third-order valence-electron chi connectivity index (χ3n) is 12.2. The van der Waals surface area contributed by atoms with Crippen molar-refractivity contribution in [1.82, 2.24) is 10.6 Å². The minimum atomic E-state index is -1.09. The maximum Gasteiger partial charge on any atom is 0.325 e. The quantitative estimate of drug-likeness (QED) is 0.319. The Bertz CT molecular complexity index is 922. The van der Waals surface area contributed by atoms with Crippen molar-refractivity contribution < 1.29 is 24.6 Å². The molecule has 7 heteroatoms. The van der Waals surface area contributed by atoms with Crippen LogP contribution in [0, 0.1) is 52.3 Å². The summed E-state index contributed by atoms with van der Waals surface area (Å²) in [5.41, 5.74) is 0.731. The number of hydrogen-bond donors (Lipinski definition) is 4. The lowest BCUT2D eigenvalue weighted by Gasteiger charge is -2.61. The number of rotatable bonds is 9. The van der Waals surface area contributed by atoms with Crippen LogP contribution in [0.15, 0.2) is 0 Å². The molecule has 222 valence electrons. The Hall–Kier alpha value is -1.63. The van der Waals surface area contributed by atoms with Gasteiger partial charge in [0, 0.05) is 6.42 Å². The van der Waals surface area contributed by atoms with Gasteiger partial charge in [0.2, 0.25) is 11.8 Å². The standard InChI is InChI=1S/C32H54N2O5/c1-18(2)28(29(37)33-20(4)30(38)39)34-27(36)12-7-19(3)24-10-11-25-23-9-8-21-17-22(35)13-15-31(21,5)26(23)14-16-32(24,25)6/h18-26,28,35H,7-17H2,1-6H3,(H,33,37)(H,34,36)(H,38,39)/t19-,20+,21-,22-,23+,24-,25+,26+,28+,31+,32-/m1/s1. The molecular weight excluding hydrogens is 492 g/mol. The summed E-state index contributed by atoms with van der Waals surface area (Å²) in [5, 5.41) is 24.8. The molecule has 4 N–H and O–H groups in total. The van der Waals surface area contributed by atoms with Crippen molar-refractivity contribution in [2.45, 2.75) is 130 Å². The SMILES string of the molecule is CC(C)[C@H](NC(=O)CC[C@@H](C)[C@H]1CC[C@H]2[C@@H]3CC[C@@H]4C[C@H](O)CC[C@]4(C)[C@H]3CC[C@]12C)C(=O)N[C@@H](C)C(=O)O. The van der Waals surface area contributed by atoms with Crippen LogP contribution in [-0.4, -0.2) is 46.2 Å². The predicted octanol–water partition coefficient (Wildman–Crippen LogP) is 5.15. The summed E-state index contributed by atoms with van der Waals surface area (Å²) in [7, 11) is 0. The lowest BCUT2D eigenvalue weighted by molar-refractivity contribution is -0.142. The van der Waals surface area contributed by atoms with Crippen LogP contribution >= 0.6 is 0 Å². The molecule has 0 aromatic carbocycles. The molecule has 11 atom stereocenters. The summed E-state index contributed by atoms with van der Waals surface area (Å²) in [6.07, 6.45) is 12.0. The van der Waals surface area contributed by atoms with E-state index < -0.39 is 24.0 Å². The third-order valence-corrected chi connectivity index (χ3v) is 12.2. The number of carboxylic acid groups (broad SMARTS) is 1. The fourth-order valence-corrected chi connectivity index (χ4v) is 9.92. The summed E-state index contributed by atoms with van der Waals surface area (Å²) in [6.45, 7) is 12.6. The Kier molecular flexibility index (Phi) is 9.10. The maximum atomic E-state index is 12.9. The van der Waals surface area contributed by atoms with Gasteiger partial charge in [-0.3, -0.25) is 14.4 Å². The molecule has 4 fully saturated rings. The lowest BCUT2D eigenvalue weighted by atomic mass is 9.44. The van der Waals surface area contributed by atoms with Crippen LogP contribution in [0.25, 0.3) is 0 Å². The summed E-state index contributed by atoms with van der Waals surface area (Å²) in [5.74, 6) is 2.31. The Morgan fingerprint density at radius 3 is 2.21 bits per heavy atom. The van der Waals surface area contributed by atoms with Gasteiger partial charge in [0.1, 0.15) is 12.1 Å². The molecule has 4 aliphatic rings. The highest BCUT2D eigenvalue weighted by atomic mass is 16.4. The van der Waals surface area contributed by atoms with E-state index in [1.54, 1.807) is 0 Å². The van der Waals surface area contributed by atoms with Gasteiger partial charge in [0.05, 0.1) is 6.10 Å². The van der Waals surface area contributed by atoms with Crippen molar-refractivity contribution >= 4 is 17.8 Å². The molecule has 0 aliphatic heterocycles. The average Bonchev–Trinajstić information content (AvgIpc) is 3.23. The number of carbonyl (C=O) groups is 3. The molecule has 0 heterocycles. The van der Waals surface area contributed by atoms with Crippen LogP contribution in [0.1, 0.15) is 112 Å². The van der Waals surface area contributed by atoms with E-state index in [9.17, 15) is 19.5 Å². The molecule has 0 aromatic rings. The molecule has 39 heavy (non-hydrogen) atoms. The Balaban J connectivity index is 1.34. The molecule has 4 rings (SSSR count). The Morgan fingerprint density at radius 1 is 0.872 bits per heavy atom. The van der Waals surface area contributed by atoms with E-state index in [1.165, 1.54) is 51.9 Å². The maximum absolute atomic E-state index is 12.9. The normalized spacial score (nSPS) is 40.0. The molecule has 0 radical (unpaired) electrons. The van der Waals surface area contributed by atoms with Crippen LogP contribution < -0.4 is 10.6 Å². The van der Waals surface area contributed by atoms with Crippen molar-refractivity contribution in [1.29, 1.82) is 0 Å². The van der Waals surface area contributed by atoms with Gasteiger partial charge in [-0.15, -0.1) is 0 Å². The zero-order valence-corrected chi connectivity index (χ0v) is 25.2. The largest absolute Gasteiger partial charge is 0.480 e. The van der Waals surface area contributed by atoms with Crippen molar-refractivity contribution in [3.05, 3.63) is 0 Å². The number of aliphatic hydroxyl groups excluding tert-OH is 1. The van der Waals surface area contributed by atoms with Gasteiger partial charge in [-0.2, -0.15) is 0 Å². The monoisotopic (exact) mass is 546 g/mol. The van der Waals surface area contributed by atoms with E-state index in [-0.39, 0.29) is 17.9 Å². The Labute approximate surface area is 235 Å². The van der Waals surface area contributed by atoms with E-state index in [0.29, 0.717) is 35.0 Å². The molecule has 4 aliphatic carbocycles. The second-order valence-corrected chi connectivity index (χ2v) is 14.7. The van der Waals surface area contributed by atoms with Crippen molar-refractivity contribution in [3.63, 3.8) is 0 Å². The highest BCUT2D eigenvalue weighted by Gasteiger charge is 2.60. The number of carbonyl (C=O) groups excluding carboxylic acids is 2. The lowest BCUT2D eigenvalue weighted by Crippen LogP contribution is -2.54. The van der Waals surface area contributed by atoms with E-state index >= 15 is 0 Å². The highest BCUT2D eigenvalue weighted by Crippen LogP contribution is 2.68. The van der Waals surface area contributed by atoms with E-state index in [4.69, 9.17) is 5.11 Å². The van der Waals surface area contributed by atoms with Crippen LogP contribution in [-0.2, 0) is 14.4 Å². The highest BCUT2D eigenvalue weighted by molar-refractivity contribution is 5.90. The van der Waals surface area contributed by atoms with Gasteiger partial charge < -0.3 is 20.8 Å². The number of amides is 2. The summed E-state index contributed by atoms with van der Waals surface area (Å²) < 4.78 is 0. The first kappa shape index (κ1) is 30.3. The first-order valence-electron chi connectivity index (χ1n) is 15.8. The van der Waals surface area contributed by atoms with Gasteiger partial charge in [0.25, 0.3) is 0 Å². The van der Waals surface area contributed by atoms with Crippen LogP contribution in [0.2, 0.25) is 0 Å². The van der Waals surface area contributed by atoms with Crippen LogP contribution in [0.3, 0.4) is 0 Å². The summed E-state index contributed by atoms with van der Waals surface area (Å²) in [6, 6.07) is -1.74. The molecule has 2 amide bonds. The smallest absolute Gasteiger partial charge is 0.325 e. The van der Waals surface area contributed by atoms with E-state index in [2.05, 4.69) is 31.4 Å². The Morgan fingerprint density at radius 2 is 1.54 bits per heavy atom. The molecule has 0 spiro atoms. The van der Waals surface area contributed by atoms with Crippen molar-refractivity contribution in [2.75, 3.05) is 0 Å². The van der Waals surface area contributed by atoms with Gasteiger partial charge >= 0.3 is 5.97 Å². The fraction of sp³-hybridized carbons (Fsp3) is 0.906. The van der Waals surface area contributed by atoms with E-state index in [0.717, 1.165) is 37.0 Å². The van der Waals surface area contributed by atoms with Gasteiger partial charge in [0.15, 0.2) is 0 Å². The average molecular weight is 547 g/mol. The summed E-state index contributed by atoms with van der Waals surface area (Å²) in [4.78, 5) is 36.7. The topological polar surface area (TPSA) is 116 Å². The van der Waals surface area contributed by atoms with Crippen molar-refractivity contribution in [3.8, 4) is 0 Å². The molecule has 0 bridgehead atoms. The zero-order chi connectivity index (χ0) is 28.7. The van der Waals surface area contributed by atoms with Gasteiger partial charge in [-0.05, 0) is 123 Å². The number of aliphatic hydroxyl groups is 1. The number of hydrogen-bond acceptors (Lipinski definition) is 4. The molecule has 0 saturated heterocycles. The third kappa shape index (κ3) is 5.90. The molecule has 7 nitrogen and oxygen atoms in total. The first-order valence-corrected chi connectivity index (χ1v) is 15.8. The molecule has 0 unspecified atom stereocenters. The minimum Gasteiger partial charge on any atom is -0.480 e. The van der Waals surface area contributed by atoms with Gasteiger partial charge in [-0.25, -0.2) is 0 Å². The number of carboxylic acids is 1. The number of fused-ring (bicyclic) bond motifs is 5. The summed E-state index contributed by atoms with van der Waals surface area (Å²) >= 11 is 0. The number of aliphatic carboxylic acids is 1. The van der Waals surface area contributed by atoms with Crippen LogP contribution in [0.4, 0.5) is 0 Å². The van der Waals surface area contributed by atoms with Crippen LogP contribution in [0.5, 0.6) is 0 Å².